The number of halogens is 2. The van der Waals surface area contributed by atoms with Crippen LogP contribution in [0.1, 0.15) is 13.0 Å². The van der Waals surface area contributed by atoms with Crippen LogP contribution in [0.4, 0.5) is 5.69 Å². The molecular formula is C13H13BrClN3O2. The van der Waals surface area contributed by atoms with Crippen molar-refractivity contribution >= 4 is 39.1 Å². The molecule has 1 atom stereocenters. The number of rotatable bonds is 4. The number of anilines is 1. The zero-order valence-electron chi connectivity index (χ0n) is 10.9. The lowest BCUT2D eigenvalue weighted by Gasteiger charge is -2.13. The summed E-state index contributed by atoms with van der Waals surface area (Å²) in [6.45, 7) is 1.76. The molecule has 106 valence electrons. The van der Waals surface area contributed by atoms with Crippen LogP contribution in [0.5, 0.6) is 5.75 Å². The van der Waals surface area contributed by atoms with Crippen molar-refractivity contribution < 1.29 is 9.53 Å². The van der Waals surface area contributed by atoms with Crippen molar-refractivity contribution in [1.29, 1.82) is 0 Å². The van der Waals surface area contributed by atoms with Gasteiger partial charge in [0.2, 0.25) is 5.91 Å². The molecule has 0 aliphatic carbocycles. The maximum atomic E-state index is 12.1. The Morgan fingerprint density at radius 3 is 2.85 bits per heavy atom. The van der Waals surface area contributed by atoms with Crippen molar-refractivity contribution in [3.63, 3.8) is 0 Å². The van der Waals surface area contributed by atoms with Gasteiger partial charge in [0.1, 0.15) is 11.8 Å². The first kappa shape index (κ1) is 14.9. The van der Waals surface area contributed by atoms with Crippen molar-refractivity contribution in [2.24, 2.45) is 0 Å². The van der Waals surface area contributed by atoms with Gasteiger partial charge in [0.15, 0.2) is 0 Å². The lowest BCUT2D eigenvalue weighted by atomic mass is 10.2. The quantitative estimate of drug-likeness (QED) is 0.910. The largest absolute Gasteiger partial charge is 0.495 e. The zero-order chi connectivity index (χ0) is 14.7. The molecule has 1 aromatic carbocycles. The molecule has 2 rings (SSSR count). The summed E-state index contributed by atoms with van der Waals surface area (Å²) in [4.78, 5) is 12.1. The molecule has 1 amide bonds. The third-order valence-corrected chi connectivity index (χ3v) is 3.47. The van der Waals surface area contributed by atoms with E-state index in [0.29, 0.717) is 16.5 Å². The van der Waals surface area contributed by atoms with Gasteiger partial charge in [-0.15, -0.1) is 0 Å². The first-order valence-corrected chi connectivity index (χ1v) is 7.02. The number of carbonyl (C=O) groups is 1. The average Bonchev–Trinajstić information content (AvgIpc) is 2.84. The fourth-order valence-electron chi connectivity index (χ4n) is 1.64. The van der Waals surface area contributed by atoms with Crippen LogP contribution in [0.15, 0.2) is 35.1 Å². The zero-order valence-corrected chi connectivity index (χ0v) is 13.3. The predicted octanol–water partition coefficient (Wildman–Crippen LogP) is 3.51. The SMILES string of the molecule is COc1ccc(NC(=O)C(C)n2cc(Br)cn2)cc1Cl. The summed E-state index contributed by atoms with van der Waals surface area (Å²) in [5.74, 6) is 0.385. The second kappa shape index (κ2) is 6.28. The Bertz CT molecular complexity index is 630. The average molecular weight is 359 g/mol. The van der Waals surface area contributed by atoms with E-state index in [4.69, 9.17) is 16.3 Å². The van der Waals surface area contributed by atoms with E-state index < -0.39 is 6.04 Å². The monoisotopic (exact) mass is 357 g/mol. The molecule has 20 heavy (non-hydrogen) atoms. The molecule has 1 unspecified atom stereocenters. The van der Waals surface area contributed by atoms with Gasteiger partial charge < -0.3 is 10.1 Å². The summed E-state index contributed by atoms with van der Waals surface area (Å²) in [6, 6.07) is 4.65. The first-order valence-electron chi connectivity index (χ1n) is 5.85. The summed E-state index contributed by atoms with van der Waals surface area (Å²) < 4.78 is 7.46. The van der Waals surface area contributed by atoms with Crippen LogP contribution >= 0.6 is 27.5 Å². The van der Waals surface area contributed by atoms with Crippen LogP contribution in [0.25, 0.3) is 0 Å². The van der Waals surface area contributed by atoms with Crippen LogP contribution in [-0.2, 0) is 4.79 Å². The smallest absolute Gasteiger partial charge is 0.248 e. The van der Waals surface area contributed by atoms with E-state index >= 15 is 0 Å². The van der Waals surface area contributed by atoms with Gasteiger partial charge in [-0.1, -0.05) is 11.6 Å². The van der Waals surface area contributed by atoms with E-state index in [9.17, 15) is 4.79 Å². The van der Waals surface area contributed by atoms with Gasteiger partial charge in [-0.05, 0) is 41.1 Å². The Kier molecular flexibility index (Phi) is 4.67. The van der Waals surface area contributed by atoms with E-state index in [1.54, 1.807) is 42.2 Å². The number of amides is 1. The van der Waals surface area contributed by atoms with Gasteiger partial charge in [-0.25, -0.2) is 0 Å². The minimum absolute atomic E-state index is 0.179. The second-order valence-corrected chi connectivity index (χ2v) is 5.48. The number of nitrogens with zero attached hydrogens (tertiary/aromatic N) is 2. The van der Waals surface area contributed by atoms with Crippen LogP contribution in [-0.4, -0.2) is 22.8 Å². The fourth-order valence-corrected chi connectivity index (χ4v) is 2.20. The number of aromatic nitrogens is 2. The van der Waals surface area contributed by atoms with Crippen LogP contribution in [0.3, 0.4) is 0 Å². The highest BCUT2D eigenvalue weighted by atomic mass is 79.9. The minimum atomic E-state index is -0.429. The van der Waals surface area contributed by atoms with Gasteiger partial charge in [0.05, 0.1) is 22.8 Å². The third-order valence-electron chi connectivity index (χ3n) is 2.77. The molecule has 0 saturated heterocycles. The lowest BCUT2D eigenvalue weighted by Crippen LogP contribution is -2.23. The topological polar surface area (TPSA) is 56.1 Å². The summed E-state index contributed by atoms with van der Waals surface area (Å²) in [5.41, 5.74) is 0.610. The number of methoxy groups -OCH3 is 1. The number of benzene rings is 1. The van der Waals surface area contributed by atoms with Crippen LogP contribution in [0, 0.1) is 0 Å². The van der Waals surface area contributed by atoms with Gasteiger partial charge in [-0.3, -0.25) is 9.48 Å². The van der Waals surface area contributed by atoms with E-state index in [2.05, 4.69) is 26.3 Å². The molecule has 0 radical (unpaired) electrons. The molecule has 7 heteroatoms. The highest BCUT2D eigenvalue weighted by molar-refractivity contribution is 9.10. The first-order chi connectivity index (χ1) is 9.51. The molecule has 0 bridgehead atoms. The molecule has 2 aromatic rings. The van der Waals surface area contributed by atoms with Crippen molar-refractivity contribution in [3.8, 4) is 5.75 Å². The van der Waals surface area contributed by atoms with E-state index in [1.165, 1.54) is 7.11 Å². The predicted molar refractivity (Wildman–Crippen MR) is 81.3 cm³/mol. The van der Waals surface area contributed by atoms with Gasteiger partial charge in [-0.2, -0.15) is 5.10 Å². The molecule has 0 spiro atoms. The molecule has 1 N–H and O–H groups in total. The standard InChI is InChI=1S/C13H13BrClN3O2/c1-8(18-7-9(14)6-16-18)13(19)17-10-3-4-12(20-2)11(15)5-10/h3-8H,1-2H3,(H,17,19). The maximum absolute atomic E-state index is 12.1. The Hall–Kier alpha value is -1.53. The fraction of sp³-hybridized carbons (Fsp3) is 0.231. The van der Waals surface area contributed by atoms with E-state index in [-0.39, 0.29) is 5.91 Å². The van der Waals surface area contributed by atoms with Gasteiger partial charge in [0.25, 0.3) is 0 Å². The van der Waals surface area contributed by atoms with Gasteiger partial charge in [0, 0.05) is 11.9 Å². The van der Waals surface area contributed by atoms with Crippen molar-refractivity contribution in [1.82, 2.24) is 9.78 Å². The molecule has 0 fully saturated rings. The highest BCUT2D eigenvalue weighted by Gasteiger charge is 2.16. The van der Waals surface area contributed by atoms with Gasteiger partial charge >= 0.3 is 0 Å². The lowest BCUT2D eigenvalue weighted by molar-refractivity contribution is -0.119. The second-order valence-electron chi connectivity index (χ2n) is 4.15. The summed E-state index contributed by atoms with van der Waals surface area (Å²) in [7, 11) is 1.54. The Labute approximate surface area is 130 Å². The van der Waals surface area contributed by atoms with E-state index in [1.807, 2.05) is 0 Å². The molecule has 0 saturated carbocycles. The minimum Gasteiger partial charge on any atom is -0.495 e. The Balaban J connectivity index is 2.09. The van der Waals surface area contributed by atoms with Crippen molar-refractivity contribution in [2.75, 3.05) is 12.4 Å². The highest BCUT2D eigenvalue weighted by Crippen LogP contribution is 2.27. The molecule has 0 aliphatic rings. The number of ether oxygens (including phenoxy) is 1. The van der Waals surface area contributed by atoms with Crippen molar-refractivity contribution in [2.45, 2.75) is 13.0 Å². The molecule has 5 nitrogen and oxygen atoms in total. The van der Waals surface area contributed by atoms with Crippen LogP contribution in [0.2, 0.25) is 5.02 Å². The summed E-state index contributed by atoms with van der Waals surface area (Å²) in [5, 5.41) is 7.32. The maximum Gasteiger partial charge on any atom is 0.248 e. The Morgan fingerprint density at radius 2 is 2.30 bits per heavy atom. The molecule has 1 heterocycles. The number of hydrogen-bond donors (Lipinski definition) is 1. The number of nitrogens with one attached hydrogen (secondary N) is 1. The Morgan fingerprint density at radius 1 is 1.55 bits per heavy atom. The molecular weight excluding hydrogens is 346 g/mol. The van der Waals surface area contributed by atoms with Crippen molar-refractivity contribution in [3.05, 3.63) is 40.1 Å². The number of carbonyl (C=O) groups excluding carboxylic acids is 1. The van der Waals surface area contributed by atoms with Crippen LogP contribution < -0.4 is 10.1 Å². The molecule has 1 aromatic heterocycles. The summed E-state index contributed by atoms with van der Waals surface area (Å²) in [6.07, 6.45) is 3.37. The number of hydrogen-bond acceptors (Lipinski definition) is 3. The molecule has 0 aliphatic heterocycles. The van der Waals surface area contributed by atoms with E-state index in [0.717, 1.165) is 4.47 Å². The third kappa shape index (κ3) is 3.32. The summed E-state index contributed by atoms with van der Waals surface area (Å²) >= 11 is 9.31. The normalized spacial score (nSPS) is 12.0.